The molecule has 0 aromatic heterocycles. The lowest BCUT2D eigenvalue weighted by atomic mass is 10.1. The van der Waals surface area contributed by atoms with E-state index in [-0.39, 0.29) is 11.8 Å². The summed E-state index contributed by atoms with van der Waals surface area (Å²) < 4.78 is 0. The summed E-state index contributed by atoms with van der Waals surface area (Å²) in [5.74, 6) is 5.07. The number of aliphatic imine (C=N–C) groups is 1. The van der Waals surface area contributed by atoms with Crippen molar-refractivity contribution >= 4 is 29.4 Å². The van der Waals surface area contributed by atoms with Gasteiger partial charge in [0.15, 0.2) is 0 Å². The molecule has 0 aliphatic rings. The fraction of sp³-hybridized carbons (Fsp3) is 0.304. The van der Waals surface area contributed by atoms with Gasteiger partial charge in [0.05, 0.1) is 6.54 Å². The smallest absolute Gasteiger partial charge is 0.243 e. The van der Waals surface area contributed by atoms with E-state index in [4.69, 9.17) is 11.0 Å². The zero-order valence-electron chi connectivity index (χ0n) is 17.5. The zero-order chi connectivity index (χ0) is 22.3. The Balaban J connectivity index is 1.74. The predicted molar refractivity (Wildman–Crippen MR) is 122 cm³/mol. The summed E-state index contributed by atoms with van der Waals surface area (Å²) in [5.41, 5.74) is 4.78. The van der Waals surface area contributed by atoms with Crippen LogP contribution in [0.2, 0.25) is 0 Å². The van der Waals surface area contributed by atoms with Crippen LogP contribution >= 0.6 is 0 Å². The van der Waals surface area contributed by atoms with Crippen LogP contribution in [0.4, 0.5) is 5.69 Å². The fourth-order valence-corrected chi connectivity index (χ4v) is 2.93. The van der Waals surface area contributed by atoms with E-state index >= 15 is 0 Å². The second-order valence-corrected chi connectivity index (χ2v) is 7.04. The van der Waals surface area contributed by atoms with E-state index in [9.17, 15) is 9.59 Å². The van der Waals surface area contributed by atoms with Crippen LogP contribution in [0.3, 0.4) is 0 Å². The molecule has 0 aliphatic heterocycles. The summed E-state index contributed by atoms with van der Waals surface area (Å²) in [5, 5.41) is 15.1. The minimum absolute atomic E-state index is 0.0574. The molecular weight excluding hydrogens is 394 g/mol. The van der Waals surface area contributed by atoms with E-state index in [1.54, 1.807) is 23.8 Å². The van der Waals surface area contributed by atoms with Gasteiger partial charge in [-0.05, 0) is 30.5 Å². The first-order valence-corrected chi connectivity index (χ1v) is 10.3. The molecule has 0 aliphatic carbocycles. The van der Waals surface area contributed by atoms with Crippen molar-refractivity contribution in [1.29, 1.82) is 0 Å². The number of unbranched alkanes of at least 4 members (excludes halogenated alkanes) is 3. The van der Waals surface area contributed by atoms with Gasteiger partial charge in [-0.1, -0.05) is 55.3 Å². The molecule has 2 aromatic rings. The largest absolute Gasteiger partial charge is 0.326 e. The summed E-state index contributed by atoms with van der Waals surface area (Å²) in [4.78, 5) is 27.4. The Morgan fingerprint density at radius 2 is 1.55 bits per heavy atom. The van der Waals surface area contributed by atoms with Crippen molar-refractivity contribution < 1.29 is 14.8 Å². The van der Waals surface area contributed by atoms with E-state index in [2.05, 4.69) is 15.4 Å². The molecule has 0 atom stereocenters. The summed E-state index contributed by atoms with van der Waals surface area (Å²) in [7, 11) is 0. The molecule has 8 nitrogen and oxygen atoms in total. The number of hydrazone groups is 1. The molecule has 2 amide bonds. The van der Waals surface area contributed by atoms with E-state index in [1.165, 1.54) is 0 Å². The van der Waals surface area contributed by atoms with E-state index < -0.39 is 0 Å². The van der Waals surface area contributed by atoms with Crippen LogP contribution in [-0.2, 0) is 16.1 Å². The molecule has 0 bridgehead atoms. The van der Waals surface area contributed by atoms with E-state index in [1.807, 2.05) is 42.5 Å². The number of carbonyl (C=O) groups is 2. The Kier molecular flexibility index (Phi) is 10.5. The number of rotatable bonds is 12. The number of benzene rings is 2. The maximum Gasteiger partial charge on any atom is 0.243 e. The number of nitrogens with zero attached hydrogens (tertiary/aromatic N) is 2. The summed E-state index contributed by atoms with van der Waals surface area (Å²) in [6.45, 7) is 0.544. The summed E-state index contributed by atoms with van der Waals surface area (Å²) in [6, 6.07) is 17.2. The molecule has 0 saturated heterocycles. The number of hydrogen-bond donors (Lipinski definition) is 4. The maximum absolute atomic E-state index is 12.1. The topological polar surface area (TPSA) is 129 Å². The monoisotopic (exact) mass is 423 g/mol. The van der Waals surface area contributed by atoms with E-state index in [0.29, 0.717) is 37.2 Å². The van der Waals surface area contributed by atoms with Crippen molar-refractivity contribution in [2.45, 2.75) is 45.1 Å². The van der Waals surface area contributed by atoms with Gasteiger partial charge in [0, 0.05) is 30.3 Å². The quantitative estimate of drug-likeness (QED) is 0.137. The third kappa shape index (κ3) is 9.22. The lowest BCUT2D eigenvalue weighted by Gasteiger charge is -2.07. The third-order valence-electron chi connectivity index (χ3n) is 4.62. The molecule has 2 aromatic carbocycles. The van der Waals surface area contributed by atoms with Crippen LogP contribution in [0.1, 0.15) is 49.7 Å². The normalized spacial score (nSPS) is 11.5. The second kappa shape index (κ2) is 13.7. The van der Waals surface area contributed by atoms with Gasteiger partial charge in [-0.25, -0.2) is 5.48 Å². The van der Waals surface area contributed by atoms with Crippen LogP contribution in [-0.4, -0.2) is 28.9 Å². The fourth-order valence-electron chi connectivity index (χ4n) is 2.93. The van der Waals surface area contributed by atoms with Crippen molar-refractivity contribution in [2.24, 2.45) is 15.9 Å². The number of amides is 2. The summed E-state index contributed by atoms with van der Waals surface area (Å²) >= 11 is 0. The summed E-state index contributed by atoms with van der Waals surface area (Å²) in [6.07, 6.45) is 5.47. The molecular formula is C23H29N5O3. The van der Waals surface area contributed by atoms with Crippen molar-refractivity contribution in [2.75, 3.05) is 5.32 Å². The van der Waals surface area contributed by atoms with Crippen molar-refractivity contribution in [3.05, 3.63) is 65.7 Å². The molecule has 0 radical (unpaired) electrons. The highest BCUT2D eigenvalue weighted by Gasteiger charge is 2.05. The molecule has 0 spiro atoms. The highest BCUT2D eigenvalue weighted by molar-refractivity contribution is 6.38. The Morgan fingerprint density at radius 3 is 2.16 bits per heavy atom. The Hall–Kier alpha value is -3.52. The number of anilines is 1. The van der Waals surface area contributed by atoms with Crippen LogP contribution in [0, 0.1) is 0 Å². The SMILES string of the molecule is N/N=C(\C=NCc1ccccc1)c1ccc(NC(=O)CCCCCCC(=O)NO)cc1. The zero-order valence-corrected chi connectivity index (χ0v) is 17.5. The molecule has 2 rings (SSSR count). The Bertz CT molecular complexity index is 880. The highest BCUT2D eigenvalue weighted by Crippen LogP contribution is 2.12. The number of hydrogen-bond acceptors (Lipinski definition) is 6. The van der Waals surface area contributed by atoms with Gasteiger partial charge in [0.25, 0.3) is 0 Å². The number of hydroxylamine groups is 1. The molecule has 0 unspecified atom stereocenters. The lowest BCUT2D eigenvalue weighted by Crippen LogP contribution is -2.17. The number of carbonyl (C=O) groups excluding carboxylic acids is 2. The lowest BCUT2D eigenvalue weighted by molar-refractivity contribution is -0.129. The second-order valence-electron chi connectivity index (χ2n) is 7.04. The third-order valence-corrected chi connectivity index (χ3v) is 4.62. The van der Waals surface area contributed by atoms with Crippen LogP contribution in [0.5, 0.6) is 0 Å². The maximum atomic E-state index is 12.1. The Morgan fingerprint density at radius 1 is 0.903 bits per heavy atom. The van der Waals surface area contributed by atoms with Crippen molar-refractivity contribution in [1.82, 2.24) is 5.48 Å². The molecule has 8 heteroatoms. The van der Waals surface area contributed by atoms with Crippen molar-refractivity contribution in [3.8, 4) is 0 Å². The van der Waals surface area contributed by atoms with Gasteiger partial charge in [0.2, 0.25) is 11.8 Å². The first-order valence-electron chi connectivity index (χ1n) is 10.3. The van der Waals surface area contributed by atoms with Gasteiger partial charge in [0.1, 0.15) is 5.71 Å². The number of nitrogens with two attached hydrogens (primary N) is 1. The first-order chi connectivity index (χ1) is 15.1. The van der Waals surface area contributed by atoms with E-state index in [0.717, 1.165) is 30.4 Å². The van der Waals surface area contributed by atoms with Crippen LogP contribution in [0.15, 0.2) is 64.7 Å². The molecule has 0 fully saturated rings. The van der Waals surface area contributed by atoms with Gasteiger partial charge in [-0.15, -0.1) is 0 Å². The first kappa shape index (κ1) is 23.8. The average molecular weight is 424 g/mol. The molecule has 5 N–H and O–H groups in total. The average Bonchev–Trinajstić information content (AvgIpc) is 2.80. The molecule has 0 heterocycles. The van der Waals surface area contributed by atoms with Gasteiger partial charge in [-0.2, -0.15) is 5.10 Å². The molecule has 0 saturated carbocycles. The number of nitrogens with one attached hydrogen (secondary N) is 2. The predicted octanol–water partition coefficient (Wildman–Crippen LogP) is 3.40. The highest BCUT2D eigenvalue weighted by atomic mass is 16.5. The minimum Gasteiger partial charge on any atom is -0.326 e. The standard InChI is InChI=1S/C23H29N5O3/c24-27-21(17-25-16-18-8-4-3-5-9-18)19-12-14-20(15-13-19)26-22(29)10-6-1-2-7-11-23(30)28-31/h3-5,8-9,12-15,17,31H,1-2,6-7,10-11,16,24H2,(H,26,29)(H,28,30)/b25-17?,27-21+. The van der Waals surface area contributed by atoms with Gasteiger partial charge >= 0.3 is 0 Å². The van der Waals surface area contributed by atoms with Gasteiger partial charge < -0.3 is 11.2 Å². The molecule has 31 heavy (non-hydrogen) atoms. The van der Waals surface area contributed by atoms with Crippen molar-refractivity contribution in [3.63, 3.8) is 0 Å². The van der Waals surface area contributed by atoms with Crippen LogP contribution in [0.25, 0.3) is 0 Å². The van der Waals surface area contributed by atoms with Gasteiger partial charge in [-0.3, -0.25) is 19.8 Å². The Labute approximate surface area is 182 Å². The molecule has 164 valence electrons. The minimum atomic E-state index is -0.383. The van der Waals surface area contributed by atoms with Crippen LogP contribution < -0.4 is 16.6 Å².